The molecule has 0 aromatic carbocycles. The van der Waals surface area contributed by atoms with E-state index in [1.807, 2.05) is 13.8 Å². The number of nitrogens with one attached hydrogen (secondary N) is 1. The van der Waals surface area contributed by atoms with Crippen LogP contribution in [0.3, 0.4) is 0 Å². The molecular formula is C31H53NO2. The molecule has 0 bridgehead atoms. The summed E-state index contributed by atoms with van der Waals surface area (Å²) in [6, 6.07) is 0.278. The molecule has 1 rings (SSSR count). The van der Waals surface area contributed by atoms with Gasteiger partial charge in [0.05, 0.1) is 0 Å². The van der Waals surface area contributed by atoms with Crippen molar-refractivity contribution in [3.63, 3.8) is 0 Å². The third kappa shape index (κ3) is 16.0. The molecule has 0 aliphatic heterocycles. The van der Waals surface area contributed by atoms with Gasteiger partial charge in [0.1, 0.15) is 5.60 Å². The second-order valence-electron chi connectivity index (χ2n) is 11.2. The zero-order valence-corrected chi connectivity index (χ0v) is 23.4. The predicted molar refractivity (Wildman–Crippen MR) is 148 cm³/mol. The van der Waals surface area contributed by atoms with E-state index >= 15 is 0 Å². The molecule has 0 saturated heterocycles. The van der Waals surface area contributed by atoms with Gasteiger partial charge in [-0.2, -0.15) is 0 Å². The molecule has 0 heterocycles. The summed E-state index contributed by atoms with van der Waals surface area (Å²) in [6.07, 6.45) is 23.7. The van der Waals surface area contributed by atoms with E-state index in [-0.39, 0.29) is 12.1 Å². The van der Waals surface area contributed by atoms with Crippen LogP contribution in [0, 0.1) is 0 Å². The van der Waals surface area contributed by atoms with E-state index < -0.39 is 5.60 Å². The van der Waals surface area contributed by atoms with Crippen LogP contribution in [0.5, 0.6) is 0 Å². The number of carbonyl (C=O) groups is 1. The SMILES string of the molecule is CC(C)=CCC/C(C)=C/CC/C(C)=C/CC/C(C)=C/CC(C)(C)OC(=O)NC1CCCCCC1. The summed E-state index contributed by atoms with van der Waals surface area (Å²) in [7, 11) is 0. The fourth-order valence-corrected chi connectivity index (χ4v) is 4.32. The first-order valence-electron chi connectivity index (χ1n) is 13.7. The lowest BCUT2D eigenvalue weighted by molar-refractivity contribution is 0.0385. The maximum absolute atomic E-state index is 12.4. The Morgan fingerprint density at radius 2 is 1.24 bits per heavy atom. The number of amides is 1. The average Bonchev–Trinajstić information content (AvgIpc) is 3.00. The van der Waals surface area contributed by atoms with Crippen LogP contribution in [0.4, 0.5) is 4.79 Å². The molecule has 0 spiro atoms. The molecule has 0 atom stereocenters. The fourth-order valence-electron chi connectivity index (χ4n) is 4.32. The van der Waals surface area contributed by atoms with Crippen LogP contribution < -0.4 is 5.32 Å². The second-order valence-corrected chi connectivity index (χ2v) is 11.2. The van der Waals surface area contributed by atoms with Crippen LogP contribution in [0.2, 0.25) is 0 Å². The molecule has 0 aromatic heterocycles. The average molecular weight is 472 g/mol. The Morgan fingerprint density at radius 1 is 0.765 bits per heavy atom. The van der Waals surface area contributed by atoms with Crippen LogP contribution in [-0.2, 0) is 4.74 Å². The van der Waals surface area contributed by atoms with Gasteiger partial charge in [-0.05, 0) is 99.8 Å². The summed E-state index contributed by atoms with van der Waals surface area (Å²) in [5.74, 6) is 0. The normalized spacial score (nSPS) is 16.7. The van der Waals surface area contributed by atoms with E-state index in [0.29, 0.717) is 0 Å². The van der Waals surface area contributed by atoms with Gasteiger partial charge in [-0.15, -0.1) is 0 Å². The van der Waals surface area contributed by atoms with Crippen molar-refractivity contribution in [2.24, 2.45) is 0 Å². The van der Waals surface area contributed by atoms with Crippen LogP contribution in [0.1, 0.15) is 132 Å². The molecule has 34 heavy (non-hydrogen) atoms. The Kier molecular flexibility index (Phi) is 14.9. The second kappa shape index (κ2) is 16.8. The van der Waals surface area contributed by atoms with Crippen molar-refractivity contribution in [1.82, 2.24) is 5.32 Å². The maximum atomic E-state index is 12.4. The van der Waals surface area contributed by atoms with Gasteiger partial charge in [-0.3, -0.25) is 0 Å². The molecule has 0 aromatic rings. The Bertz CT molecular complexity index is 712. The fraction of sp³-hybridized carbons (Fsp3) is 0.710. The maximum Gasteiger partial charge on any atom is 0.407 e. The summed E-state index contributed by atoms with van der Waals surface area (Å²) >= 11 is 0. The lowest BCUT2D eigenvalue weighted by Gasteiger charge is -2.26. The van der Waals surface area contributed by atoms with Gasteiger partial charge in [-0.1, -0.05) is 72.3 Å². The Balaban J connectivity index is 2.31. The lowest BCUT2D eigenvalue weighted by atomic mass is 10.0. The molecule has 194 valence electrons. The highest BCUT2D eigenvalue weighted by molar-refractivity contribution is 5.68. The Morgan fingerprint density at radius 3 is 1.74 bits per heavy atom. The largest absolute Gasteiger partial charge is 0.443 e. The van der Waals surface area contributed by atoms with E-state index in [0.717, 1.165) is 51.4 Å². The zero-order valence-electron chi connectivity index (χ0n) is 23.4. The summed E-state index contributed by atoms with van der Waals surface area (Å²) in [6.45, 7) is 15.0. The van der Waals surface area contributed by atoms with Crippen molar-refractivity contribution in [1.29, 1.82) is 0 Å². The van der Waals surface area contributed by atoms with E-state index in [1.54, 1.807) is 0 Å². The Labute approximate surface area is 211 Å². The minimum Gasteiger partial charge on any atom is -0.443 e. The molecular weight excluding hydrogens is 418 g/mol. The lowest BCUT2D eigenvalue weighted by Crippen LogP contribution is -2.39. The number of ether oxygens (including phenoxy) is 1. The van der Waals surface area contributed by atoms with Crippen molar-refractivity contribution >= 4 is 6.09 Å². The third-order valence-electron chi connectivity index (χ3n) is 6.64. The number of alkyl carbamates (subject to hydrolysis) is 1. The highest BCUT2D eigenvalue weighted by Crippen LogP contribution is 2.21. The van der Waals surface area contributed by atoms with E-state index in [9.17, 15) is 4.79 Å². The van der Waals surface area contributed by atoms with Gasteiger partial charge in [-0.25, -0.2) is 4.79 Å². The number of hydrogen-bond donors (Lipinski definition) is 1. The third-order valence-corrected chi connectivity index (χ3v) is 6.64. The first-order valence-corrected chi connectivity index (χ1v) is 13.7. The van der Waals surface area contributed by atoms with E-state index in [2.05, 4.69) is 64.2 Å². The highest BCUT2D eigenvalue weighted by atomic mass is 16.6. The molecule has 1 N–H and O–H groups in total. The van der Waals surface area contributed by atoms with Crippen molar-refractivity contribution in [2.75, 3.05) is 0 Å². The van der Waals surface area contributed by atoms with E-state index in [4.69, 9.17) is 4.74 Å². The standard InChI is InChI=1S/C31H53NO2/c1-25(2)15-12-16-26(3)17-13-18-27(4)19-14-20-28(5)23-24-31(6,7)34-30(33)32-29-21-10-8-9-11-22-29/h15,17,19,23,29H,8-14,16,18,20-22,24H2,1-7H3,(H,32,33)/b26-17+,27-19+,28-23+. The zero-order chi connectivity index (χ0) is 25.4. The Hall–Kier alpha value is -1.77. The molecule has 1 aliphatic carbocycles. The van der Waals surface area contributed by atoms with Crippen LogP contribution in [0.25, 0.3) is 0 Å². The van der Waals surface area contributed by atoms with Crippen LogP contribution in [0.15, 0.2) is 46.6 Å². The van der Waals surface area contributed by atoms with Crippen LogP contribution in [-0.4, -0.2) is 17.7 Å². The molecule has 3 nitrogen and oxygen atoms in total. The van der Waals surface area contributed by atoms with Crippen molar-refractivity contribution in [3.8, 4) is 0 Å². The predicted octanol–water partition coefficient (Wildman–Crippen LogP) is 9.75. The van der Waals surface area contributed by atoms with Crippen molar-refractivity contribution in [3.05, 3.63) is 46.6 Å². The van der Waals surface area contributed by atoms with Crippen molar-refractivity contribution < 1.29 is 9.53 Å². The summed E-state index contributed by atoms with van der Waals surface area (Å²) < 4.78 is 5.76. The number of carbonyl (C=O) groups excluding carboxylic acids is 1. The highest BCUT2D eigenvalue weighted by Gasteiger charge is 2.23. The van der Waals surface area contributed by atoms with Gasteiger partial charge in [0, 0.05) is 12.5 Å². The molecule has 1 saturated carbocycles. The quantitative estimate of drug-likeness (QED) is 0.214. The first-order chi connectivity index (χ1) is 16.1. The number of hydrogen-bond acceptors (Lipinski definition) is 2. The van der Waals surface area contributed by atoms with Crippen LogP contribution >= 0.6 is 0 Å². The molecule has 1 aliphatic rings. The smallest absolute Gasteiger partial charge is 0.407 e. The van der Waals surface area contributed by atoms with Gasteiger partial charge < -0.3 is 10.1 Å². The molecule has 0 radical (unpaired) electrons. The van der Waals surface area contributed by atoms with Gasteiger partial charge in [0.2, 0.25) is 0 Å². The molecule has 1 fully saturated rings. The minimum absolute atomic E-state index is 0.261. The summed E-state index contributed by atoms with van der Waals surface area (Å²) in [4.78, 5) is 12.4. The molecule has 0 unspecified atom stereocenters. The van der Waals surface area contributed by atoms with Gasteiger partial charge in [0.15, 0.2) is 0 Å². The topological polar surface area (TPSA) is 38.3 Å². The van der Waals surface area contributed by atoms with Gasteiger partial charge in [0.25, 0.3) is 0 Å². The summed E-state index contributed by atoms with van der Waals surface area (Å²) in [5, 5.41) is 3.09. The molecule has 1 amide bonds. The minimum atomic E-state index is -0.488. The molecule has 3 heteroatoms. The number of rotatable bonds is 13. The first kappa shape index (κ1) is 30.3. The monoisotopic (exact) mass is 471 g/mol. The van der Waals surface area contributed by atoms with Crippen molar-refractivity contribution in [2.45, 2.75) is 144 Å². The van der Waals surface area contributed by atoms with Gasteiger partial charge >= 0.3 is 6.09 Å². The summed E-state index contributed by atoms with van der Waals surface area (Å²) in [5.41, 5.74) is 5.25. The number of allylic oxidation sites excluding steroid dienone is 7. The van der Waals surface area contributed by atoms with E-state index in [1.165, 1.54) is 54.4 Å².